The number of hydrogen-bond donors (Lipinski definition) is 3. The molecule has 0 spiro atoms. The molecule has 1 fully saturated rings. The molecule has 0 bridgehead atoms. The molecule has 1 aromatic heterocycles. The normalized spacial score (nSPS) is 28.7. The van der Waals surface area contributed by atoms with Crippen molar-refractivity contribution in [1.82, 2.24) is 15.5 Å². The Bertz CT molecular complexity index is 444. The average molecular weight is 267 g/mol. The van der Waals surface area contributed by atoms with Crippen LogP contribution < -0.4 is 5.32 Å². The van der Waals surface area contributed by atoms with E-state index in [-0.39, 0.29) is 24.0 Å². The highest BCUT2D eigenvalue weighted by molar-refractivity contribution is 5.93. The lowest BCUT2D eigenvalue weighted by atomic mass is 9.56. The third-order valence-electron chi connectivity index (χ3n) is 4.20. The Kier molecular flexibility index (Phi) is 3.64. The maximum Gasteiger partial charge on any atom is 0.254 e. The van der Waals surface area contributed by atoms with E-state index in [4.69, 9.17) is 4.74 Å². The summed E-state index contributed by atoms with van der Waals surface area (Å²) in [6.07, 6.45) is 3.55. The summed E-state index contributed by atoms with van der Waals surface area (Å²) in [7, 11) is 0. The van der Waals surface area contributed by atoms with E-state index in [1.807, 2.05) is 20.8 Å². The van der Waals surface area contributed by atoms with E-state index in [0.29, 0.717) is 18.6 Å². The van der Waals surface area contributed by atoms with Crippen LogP contribution in [0.25, 0.3) is 0 Å². The summed E-state index contributed by atoms with van der Waals surface area (Å²) >= 11 is 0. The van der Waals surface area contributed by atoms with Crippen molar-refractivity contribution in [2.75, 3.05) is 13.2 Å². The van der Waals surface area contributed by atoms with E-state index in [1.54, 1.807) is 0 Å². The monoisotopic (exact) mass is 267 g/mol. The fraction of sp³-hybridized carbons (Fsp3) is 0.692. The van der Waals surface area contributed by atoms with Crippen molar-refractivity contribution in [1.29, 1.82) is 0 Å². The van der Waals surface area contributed by atoms with Gasteiger partial charge in [0, 0.05) is 31.2 Å². The summed E-state index contributed by atoms with van der Waals surface area (Å²) in [5.74, 6) is -0.238. The Hall–Kier alpha value is -1.40. The molecule has 19 heavy (non-hydrogen) atoms. The fourth-order valence-corrected chi connectivity index (χ4v) is 2.47. The topological polar surface area (TPSA) is 87.2 Å². The minimum absolute atomic E-state index is 0.0355. The number of aliphatic hydroxyl groups is 1. The molecule has 106 valence electrons. The molecule has 0 radical (unpaired) electrons. The first-order valence-electron chi connectivity index (χ1n) is 6.51. The summed E-state index contributed by atoms with van der Waals surface area (Å²) in [6, 6.07) is 0. The van der Waals surface area contributed by atoms with Gasteiger partial charge in [-0.3, -0.25) is 9.89 Å². The van der Waals surface area contributed by atoms with Gasteiger partial charge in [0.2, 0.25) is 0 Å². The summed E-state index contributed by atoms with van der Waals surface area (Å²) in [6.45, 7) is 6.70. The molecule has 0 aliphatic heterocycles. The van der Waals surface area contributed by atoms with Crippen LogP contribution >= 0.6 is 0 Å². The van der Waals surface area contributed by atoms with Gasteiger partial charge < -0.3 is 15.2 Å². The van der Waals surface area contributed by atoms with Gasteiger partial charge in [-0.05, 0) is 6.92 Å². The minimum atomic E-state index is -0.924. The molecule has 1 aromatic rings. The average Bonchev–Trinajstić information content (AvgIpc) is 2.89. The largest absolute Gasteiger partial charge is 0.387 e. The van der Waals surface area contributed by atoms with Crippen molar-refractivity contribution in [3.8, 4) is 0 Å². The molecule has 0 unspecified atom stereocenters. The predicted molar refractivity (Wildman–Crippen MR) is 69.7 cm³/mol. The van der Waals surface area contributed by atoms with E-state index in [2.05, 4.69) is 15.5 Å². The number of amides is 1. The molecule has 6 nitrogen and oxygen atoms in total. The van der Waals surface area contributed by atoms with E-state index in [9.17, 15) is 9.90 Å². The number of aromatic nitrogens is 2. The summed E-state index contributed by atoms with van der Waals surface area (Å²) in [5.41, 5.74) is -0.832. The van der Waals surface area contributed by atoms with Crippen molar-refractivity contribution >= 4 is 5.91 Å². The third-order valence-corrected chi connectivity index (χ3v) is 4.20. The third kappa shape index (κ3) is 2.37. The maximum absolute atomic E-state index is 11.8. The van der Waals surface area contributed by atoms with E-state index < -0.39 is 5.60 Å². The van der Waals surface area contributed by atoms with Gasteiger partial charge in [0.25, 0.3) is 5.91 Å². The van der Waals surface area contributed by atoms with Crippen molar-refractivity contribution in [3.63, 3.8) is 0 Å². The number of nitrogens with zero attached hydrogens (tertiary/aromatic N) is 1. The van der Waals surface area contributed by atoms with Gasteiger partial charge in [0.1, 0.15) is 0 Å². The lowest BCUT2D eigenvalue weighted by molar-refractivity contribution is -0.237. The Morgan fingerprint density at radius 2 is 2.42 bits per heavy atom. The summed E-state index contributed by atoms with van der Waals surface area (Å²) in [4.78, 5) is 11.8. The lowest BCUT2D eigenvalue weighted by Gasteiger charge is -2.57. The first-order valence-corrected chi connectivity index (χ1v) is 6.51. The highest BCUT2D eigenvalue weighted by Crippen LogP contribution is 2.50. The van der Waals surface area contributed by atoms with E-state index >= 15 is 0 Å². The predicted octanol–water partition coefficient (Wildman–Crippen LogP) is 0.706. The zero-order chi connectivity index (χ0) is 14.1. The maximum atomic E-state index is 11.8. The molecule has 1 saturated carbocycles. The quantitative estimate of drug-likeness (QED) is 0.733. The van der Waals surface area contributed by atoms with Gasteiger partial charge >= 0.3 is 0 Å². The first kappa shape index (κ1) is 14.0. The van der Waals surface area contributed by atoms with Gasteiger partial charge in [0.05, 0.1) is 23.5 Å². The molecule has 1 aliphatic rings. The number of ether oxygens (including phenoxy) is 1. The molecule has 2 rings (SSSR count). The highest BCUT2D eigenvalue weighted by Gasteiger charge is 2.59. The zero-order valence-corrected chi connectivity index (χ0v) is 11.6. The van der Waals surface area contributed by atoms with Crippen molar-refractivity contribution in [3.05, 3.63) is 18.0 Å². The number of rotatable bonds is 5. The van der Waals surface area contributed by atoms with Crippen molar-refractivity contribution < 1.29 is 14.6 Å². The second-order valence-electron chi connectivity index (χ2n) is 5.57. The zero-order valence-electron chi connectivity index (χ0n) is 11.6. The molecule has 1 heterocycles. The fourth-order valence-electron chi connectivity index (χ4n) is 2.47. The Labute approximate surface area is 112 Å². The standard InChI is InChI=1S/C13H21N3O3/c1-4-19-10-5-13(18,12(10,2)3)8-14-11(17)9-6-15-16-7-9/h6-7,10,18H,4-5,8H2,1-3H3,(H,14,17)(H,15,16)/t10-,13+/m0/s1. The number of aromatic amines is 1. The van der Waals surface area contributed by atoms with Gasteiger partial charge in [-0.15, -0.1) is 0 Å². The Balaban J connectivity index is 1.91. The smallest absolute Gasteiger partial charge is 0.254 e. The number of nitrogens with one attached hydrogen (secondary N) is 2. The van der Waals surface area contributed by atoms with Crippen LogP contribution in [0.3, 0.4) is 0 Å². The number of H-pyrrole nitrogens is 1. The van der Waals surface area contributed by atoms with Gasteiger partial charge in [-0.2, -0.15) is 5.10 Å². The summed E-state index contributed by atoms with van der Waals surface area (Å²) < 4.78 is 5.58. The molecule has 2 atom stereocenters. The van der Waals surface area contributed by atoms with Crippen LogP contribution in [0.15, 0.2) is 12.4 Å². The van der Waals surface area contributed by atoms with Gasteiger partial charge in [0.15, 0.2) is 0 Å². The van der Waals surface area contributed by atoms with Crippen LogP contribution in [-0.4, -0.2) is 46.1 Å². The molecule has 3 N–H and O–H groups in total. The van der Waals surface area contributed by atoms with Crippen LogP contribution in [0.1, 0.15) is 37.6 Å². The van der Waals surface area contributed by atoms with Crippen LogP contribution in [0.2, 0.25) is 0 Å². The van der Waals surface area contributed by atoms with Gasteiger partial charge in [-0.25, -0.2) is 0 Å². The molecule has 0 saturated heterocycles. The second-order valence-corrected chi connectivity index (χ2v) is 5.57. The molecular formula is C13H21N3O3. The first-order chi connectivity index (χ1) is 8.90. The molecular weight excluding hydrogens is 246 g/mol. The minimum Gasteiger partial charge on any atom is -0.387 e. The molecule has 0 aromatic carbocycles. The lowest BCUT2D eigenvalue weighted by Crippen LogP contribution is -2.68. The highest BCUT2D eigenvalue weighted by atomic mass is 16.5. The van der Waals surface area contributed by atoms with Gasteiger partial charge in [-0.1, -0.05) is 13.8 Å². The van der Waals surface area contributed by atoms with Crippen LogP contribution in [0.5, 0.6) is 0 Å². The molecule has 6 heteroatoms. The SMILES string of the molecule is CCO[C@H]1C[C@@](O)(CNC(=O)c2cn[nH]c2)C1(C)C. The van der Waals surface area contributed by atoms with Crippen molar-refractivity contribution in [2.45, 2.75) is 38.9 Å². The van der Waals surface area contributed by atoms with E-state index in [1.165, 1.54) is 12.4 Å². The van der Waals surface area contributed by atoms with E-state index in [0.717, 1.165) is 0 Å². The van der Waals surface area contributed by atoms with Crippen molar-refractivity contribution in [2.24, 2.45) is 5.41 Å². The second kappa shape index (κ2) is 4.94. The van der Waals surface area contributed by atoms with Crippen LogP contribution in [0.4, 0.5) is 0 Å². The van der Waals surface area contributed by atoms with Crippen LogP contribution in [-0.2, 0) is 4.74 Å². The Morgan fingerprint density at radius 3 is 2.95 bits per heavy atom. The summed E-state index contributed by atoms with van der Waals surface area (Å²) in [5, 5.41) is 19.6. The van der Waals surface area contributed by atoms with Crippen LogP contribution in [0, 0.1) is 5.41 Å². The number of hydrogen-bond acceptors (Lipinski definition) is 4. The molecule has 1 amide bonds. The number of carbonyl (C=O) groups excluding carboxylic acids is 1. The number of carbonyl (C=O) groups is 1. The molecule has 1 aliphatic carbocycles. The Morgan fingerprint density at radius 1 is 1.68 bits per heavy atom.